The van der Waals surface area contributed by atoms with Crippen LogP contribution in [0.5, 0.6) is 11.5 Å². The first-order chi connectivity index (χ1) is 11.3. The number of morpholine rings is 1. The molecule has 7 heteroatoms. The number of nitrogens with zero attached hydrogens (tertiary/aromatic N) is 3. The molecule has 2 N–H and O–H groups in total. The normalized spacial score (nSPS) is 15.5. The molecule has 0 spiro atoms. The Hall–Kier alpha value is -2.30. The van der Waals surface area contributed by atoms with Gasteiger partial charge in [0, 0.05) is 31.8 Å². The second-order valence-electron chi connectivity index (χ2n) is 5.07. The Morgan fingerprint density at radius 2 is 2.17 bits per heavy atom. The second kappa shape index (κ2) is 8.98. The summed E-state index contributed by atoms with van der Waals surface area (Å²) in [4.78, 5) is 6.31. The Bertz CT molecular complexity index is 577. The zero-order valence-corrected chi connectivity index (χ0v) is 13.3. The Morgan fingerprint density at radius 3 is 2.83 bits per heavy atom. The Balaban J connectivity index is 1.94. The van der Waals surface area contributed by atoms with E-state index in [1.54, 1.807) is 19.2 Å². The van der Waals surface area contributed by atoms with Gasteiger partial charge in [-0.05, 0) is 6.42 Å². The van der Waals surface area contributed by atoms with Gasteiger partial charge in [0.05, 0.1) is 44.5 Å². The van der Waals surface area contributed by atoms with Crippen LogP contribution in [0.4, 0.5) is 5.69 Å². The van der Waals surface area contributed by atoms with Crippen LogP contribution in [0, 0.1) is 11.3 Å². The molecule has 0 aliphatic carbocycles. The van der Waals surface area contributed by atoms with Crippen molar-refractivity contribution in [1.82, 2.24) is 4.90 Å². The maximum absolute atomic E-state index is 9.20. The van der Waals surface area contributed by atoms with E-state index >= 15 is 0 Å². The van der Waals surface area contributed by atoms with Crippen molar-refractivity contribution in [3.63, 3.8) is 0 Å². The first kappa shape index (κ1) is 17.1. The lowest BCUT2D eigenvalue weighted by Crippen LogP contribution is -2.37. The van der Waals surface area contributed by atoms with Gasteiger partial charge in [-0.2, -0.15) is 5.26 Å². The first-order valence-corrected chi connectivity index (χ1v) is 7.57. The quantitative estimate of drug-likeness (QED) is 0.462. The van der Waals surface area contributed by atoms with Crippen LogP contribution >= 0.6 is 0 Å². The Morgan fingerprint density at radius 1 is 1.39 bits per heavy atom. The maximum atomic E-state index is 9.20. The molecule has 23 heavy (non-hydrogen) atoms. The van der Waals surface area contributed by atoms with Gasteiger partial charge in [-0.15, -0.1) is 0 Å². The Kier molecular flexibility index (Phi) is 6.66. The fourth-order valence-electron chi connectivity index (χ4n) is 2.39. The third-order valence-electron chi connectivity index (χ3n) is 3.60. The van der Waals surface area contributed by atoms with E-state index in [0.29, 0.717) is 29.4 Å². The van der Waals surface area contributed by atoms with Crippen molar-refractivity contribution in [2.45, 2.75) is 6.42 Å². The van der Waals surface area contributed by atoms with E-state index in [1.165, 1.54) is 0 Å². The number of methoxy groups -OCH3 is 1. The summed E-state index contributed by atoms with van der Waals surface area (Å²) in [6.45, 7) is 5.04. The van der Waals surface area contributed by atoms with Gasteiger partial charge in [-0.25, -0.2) is 4.99 Å². The average Bonchev–Trinajstić information content (AvgIpc) is 2.60. The highest BCUT2D eigenvalue weighted by atomic mass is 16.5. The van der Waals surface area contributed by atoms with Crippen molar-refractivity contribution in [2.24, 2.45) is 10.7 Å². The summed E-state index contributed by atoms with van der Waals surface area (Å²) in [7, 11) is 1.55. The lowest BCUT2D eigenvalue weighted by Gasteiger charge is -2.26. The lowest BCUT2D eigenvalue weighted by atomic mass is 10.1. The van der Waals surface area contributed by atoms with Crippen LogP contribution < -0.4 is 15.2 Å². The van der Waals surface area contributed by atoms with Gasteiger partial charge < -0.3 is 19.9 Å². The predicted molar refractivity (Wildman–Crippen MR) is 87.4 cm³/mol. The molecule has 0 aromatic heterocycles. The van der Waals surface area contributed by atoms with E-state index in [4.69, 9.17) is 19.9 Å². The number of aliphatic imine (C=N–C) groups is 1. The van der Waals surface area contributed by atoms with Gasteiger partial charge in [0.25, 0.3) is 0 Å². The molecule has 0 saturated carbocycles. The smallest absolute Gasteiger partial charge is 0.162 e. The van der Waals surface area contributed by atoms with E-state index in [-0.39, 0.29) is 0 Å². The standard InChI is InChI=1S/C16H22N4O3/c1-21-15-10-14(19-12-18)13(11-17)9-16(15)23-6-2-3-20-4-7-22-8-5-20/h9-10,12H,2-8H2,1H3,(H2,18,19). The minimum absolute atomic E-state index is 0.399. The molecule has 1 aliphatic heterocycles. The van der Waals surface area contributed by atoms with Crippen molar-refractivity contribution in [3.05, 3.63) is 17.7 Å². The van der Waals surface area contributed by atoms with Crippen LogP contribution in [0.15, 0.2) is 17.1 Å². The maximum Gasteiger partial charge on any atom is 0.162 e. The van der Waals surface area contributed by atoms with Crippen molar-refractivity contribution in [3.8, 4) is 17.6 Å². The third kappa shape index (κ3) is 4.84. The third-order valence-corrected chi connectivity index (χ3v) is 3.60. The first-order valence-electron chi connectivity index (χ1n) is 7.57. The van der Waals surface area contributed by atoms with Crippen molar-refractivity contribution in [1.29, 1.82) is 5.26 Å². The molecule has 1 saturated heterocycles. The molecule has 0 radical (unpaired) electrons. The van der Waals surface area contributed by atoms with Gasteiger partial charge in [-0.3, -0.25) is 4.90 Å². The van der Waals surface area contributed by atoms with Crippen LogP contribution in [0.2, 0.25) is 0 Å². The summed E-state index contributed by atoms with van der Waals surface area (Å²) in [6.07, 6.45) is 2.05. The highest BCUT2D eigenvalue weighted by molar-refractivity contribution is 5.67. The van der Waals surface area contributed by atoms with Crippen molar-refractivity contribution >= 4 is 12.0 Å². The number of rotatable bonds is 7. The molecule has 1 fully saturated rings. The van der Waals surface area contributed by atoms with Crippen molar-refractivity contribution in [2.75, 3.05) is 46.6 Å². The number of ether oxygens (including phenoxy) is 3. The monoisotopic (exact) mass is 318 g/mol. The van der Waals surface area contributed by atoms with Crippen LogP contribution in [-0.4, -0.2) is 57.8 Å². The van der Waals surface area contributed by atoms with Gasteiger partial charge in [-0.1, -0.05) is 0 Å². The largest absolute Gasteiger partial charge is 0.493 e. The number of hydrogen-bond donors (Lipinski definition) is 1. The van der Waals surface area contributed by atoms with Crippen LogP contribution in [0.25, 0.3) is 0 Å². The van der Waals surface area contributed by atoms with E-state index in [2.05, 4.69) is 16.0 Å². The summed E-state index contributed by atoms with van der Waals surface area (Å²) in [6, 6.07) is 5.37. The van der Waals surface area contributed by atoms with Crippen LogP contribution in [0.3, 0.4) is 0 Å². The SMILES string of the molecule is COc1cc(N=CN)c(C#N)cc1OCCCN1CCOCC1. The summed E-state index contributed by atoms with van der Waals surface area (Å²) >= 11 is 0. The molecule has 0 unspecified atom stereocenters. The van der Waals surface area contributed by atoms with E-state index in [0.717, 1.165) is 45.6 Å². The molecule has 1 aromatic carbocycles. The van der Waals surface area contributed by atoms with E-state index in [1.807, 2.05) is 0 Å². The molecular weight excluding hydrogens is 296 g/mol. The number of hydrogen-bond acceptors (Lipinski definition) is 6. The van der Waals surface area contributed by atoms with E-state index < -0.39 is 0 Å². The minimum atomic E-state index is 0.399. The van der Waals surface area contributed by atoms with Crippen LogP contribution in [0.1, 0.15) is 12.0 Å². The number of nitrogens with two attached hydrogens (primary N) is 1. The summed E-state index contributed by atoms with van der Waals surface area (Å²) in [5.41, 5.74) is 6.16. The molecule has 2 rings (SSSR count). The van der Waals surface area contributed by atoms with Crippen LogP contribution in [-0.2, 0) is 4.74 Å². The zero-order valence-electron chi connectivity index (χ0n) is 13.3. The molecule has 1 heterocycles. The molecule has 0 amide bonds. The van der Waals surface area contributed by atoms with E-state index in [9.17, 15) is 5.26 Å². The minimum Gasteiger partial charge on any atom is -0.493 e. The predicted octanol–water partition coefficient (Wildman–Crippen LogP) is 1.29. The average molecular weight is 318 g/mol. The highest BCUT2D eigenvalue weighted by Gasteiger charge is 2.12. The fraction of sp³-hybridized carbons (Fsp3) is 0.500. The molecule has 1 aromatic rings. The lowest BCUT2D eigenvalue weighted by molar-refractivity contribution is 0.0357. The topological polar surface area (TPSA) is 93.1 Å². The molecule has 0 atom stereocenters. The summed E-state index contributed by atoms with van der Waals surface area (Å²) in [5, 5.41) is 9.20. The molecule has 1 aliphatic rings. The number of nitriles is 1. The fourth-order valence-corrected chi connectivity index (χ4v) is 2.39. The van der Waals surface area contributed by atoms with Gasteiger partial charge in [0.15, 0.2) is 11.5 Å². The zero-order chi connectivity index (χ0) is 16.5. The Labute approximate surface area is 136 Å². The summed E-state index contributed by atoms with van der Waals surface area (Å²) < 4.78 is 16.4. The van der Waals surface area contributed by atoms with Gasteiger partial charge >= 0.3 is 0 Å². The van der Waals surface area contributed by atoms with Gasteiger partial charge in [0.1, 0.15) is 6.07 Å². The number of benzene rings is 1. The molecule has 7 nitrogen and oxygen atoms in total. The van der Waals surface area contributed by atoms with Crippen molar-refractivity contribution < 1.29 is 14.2 Å². The summed E-state index contributed by atoms with van der Waals surface area (Å²) in [5.74, 6) is 1.08. The molecular formula is C16H22N4O3. The van der Waals surface area contributed by atoms with Gasteiger partial charge in [0.2, 0.25) is 0 Å². The molecule has 124 valence electrons. The molecule has 0 bridgehead atoms. The highest BCUT2D eigenvalue weighted by Crippen LogP contribution is 2.34. The second-order valence-corrected chi connectivity index (χ2v) is 5.07.